The number of hydrogen-bond acceptors (Lipinski definition) is 3. The van der Waals surface area contributed by atoms with Crippen molar-refractivity contribution in [3.8, 4) is 5.75 Å². The smallest absolute Gasteiger partial charge is 0.423 e. The van der Waals surface area contributed by atoms with Crippen molar-refractivity contribution in [2.45, 2.75) is 19.0 Å². The number of nitro groups is 1. The number of nitrogens with zero attached hydrogens (tertiary/aromatic N) is 1. The maximum Gasteiger partial charge on any atom is 0.423 e. The van der Waals surface area contributed by atoms with Crippen molar-refractivity contribution in [2.24, 2.45) is 0 Å². The van der Waals surface area contributed by atoms with E-state index in [4.69, 9.17) is 0 Å². The second kappa shape index (κ2) is 5.33. The topological polar surface area (TPSA) is 52.4 Å². The molecule has 0 radical (unpaired) electrons. The first-order valence-corrected chi connectivity index (χ1v) is 4.75. The van der Waals surface area contributed by atoms with E-state index in [1.54, 1.807) is 0 Å². The number of hydrogen-bond donors (Lipinski definition) is 0. The van der Waals surface area contributed by atoms with Crippen LogP contribution in [0.5, 0.6) is 5.75 Å². The first-order chi connectivity index (χ1) is 9.34. The Morgan fingerprint density at radius 3 is 1.81 bits per heavy atom. The van der Waals surface area contributed by atoms with Gasteiger partial charge in [-0.05, 0) is 6.07 Å². The standard InChI is InChI=1S/C9H3F8NO3/c10-7(11)21-6-2-5(18(19)20)3(8(12,13)14)1-4(6)9(15,16)17/h1-2,7H. The molecule has 1 rings (SSSR count). The second-order valence-electron chi connectivity index (χ2n) is 3.50. The molecule has 4 nitrogen and oxygen atoms in total. The molecule has 12 heteroatoms. The quantitative estimate of drug-likeness (QED) is 0.475. The van der Waals surface area contributed by atoms with Crippen molar-refractivity contribution in [1.82, 2.24) is 0 Å². The van der Waals surface area contributed by atoms with Gasteiger partial charge in [0.1, 0.15) is 11.3 Å². The van der Waals surface area contributed by atoms with E-state index in [0.717, 1.165) is 0 Å². The highest BCUT2D eigenvalue weighted by Crippen LogP contribution is 2.45. The minimum absolute atomic E-state index is 0.336. The Kier molecular flexibility index (Phi) is 4.29. The summed E-state index contributed by atoms with van der Waals surface area (Å²) in [5.41, 5.74) is -6.24. The molecule has 0 heterocycles. The minimum Gasteiger partial charge on any atom is -0.434 e. The zero-order valence-corrected chi connectivity index (χ0v) is 9.43. The molecule has 0 spiro atoms. The van der Waals surface area contributed by atoms with Crippen molar-refractivity contribution in [3.05, 3.63) is 33.4 Å². The number of rotatable bonds is 3. The fourth-order valence-electron chi connectivity index (χ4n) is 1.36. The number of nitro benzene ring substituents is 1. The summed E-state index contributed by atoms with van der Waals surface area (Å²) in [4.78, 5) is 8.80. The molecule has 0 fully saturated rings. The van der Waals surface area contributed by atoms with Gasteiger partial charge in [0.05, 0.1) is 16.6 Å². The predicted octanol–water partition coefficient (Wildman–Crippen LogP) is 4.23. The third kappa shape index (κ3) is 3.92. The highest BCUT2D eigenvalue weighted by Gasteiger charge is 2.44. The highest BCUT2D eigenvalue weighted by molar-refractivity contribution is 5.53. The van der Waals surface area contributed by atoms with E-state index in [1.807, 2.05) is 0 Å². The van der Waals surface area contributed by atoms with Crippen LogP contribution in [0.3, 0.4) is 0 Å². The van der Waals surface area contributed by atoms with E-state index in [0.29, 0.717) is 0 Å². The van der Waals surface area contributed by atoms with Crippen molar-refractivity contribution < 1.29 is 44.8 Å². The molecule has 118 valence electrons. The molecule has 0 N–H and O–H groups in total. The minimum atomic E-state index is -5.48. The molecular weight excluding hydrogens is 322 g/mol. The molecule has 0 atom stereocenters. The van der Waals surface area contributed by atoms with E-state index in [2.05, 4.69) is 4.74 Å². The van der Waals surface area contributed by atoms with E-state index < -0.39 is 52.5 Å². The molecular formula is C9H3F8NO3. The summed E-state index contributed by atoms with van der Waals surface area (Å²) in [6, 6.07) is -0.979. The van der Waals surface area contributed by atoms with E-state index in [-0.39, 0.29) is 6.07 Å². The maximum atomic E-state index is 12.5. The van der Waals surface area contributed by atoms with Crippen LogP contribution in [-0.2, 0) is 12.4 Å². The summed E-state index contributed by atoms with van der Waals surface area (Å²) in [6.45, 7) is -3.80. The normalized spacial score (nSPS) is 12.6. The molecule has 0 amide bonds. The van der Waals surface area contributed by atoms with Gasteiger partial charge in [-0.25, -0.2) is 0 Å². The molecule has 1 aromatic rings. The van der Waals surface area contributed by atoms with Crippen molar-refractivity contribution in [1.29, 1.82) is 0 Å². The molecule has 0 bridgehead atoms. The summed E-state index contributed by atoms with van der Waals surface area (Å²) >= 11 is 0. The summed E-state index contributed by atoms with van der Waals surface area (Å²) in [6.07, 6.45) is -11.0. The van der Waals surface area contributed by atoms with Crippen LogP contribution in [0, 0.1) is 10.1 Å². The molecule has 1 aromatic carbocycles. The van der Waals surface area contributed by atoms with Gasteiger partial charge in [0.15, 0.2) is 0 Å². The van der Waals surface area contributed by atoms with Crippen molar-refractivity contribution in [3.63, 3.8) is 0 Å². The summed E-state index contributed by atoms with van der Waals surface area (Å²) in [5.74, 6) is -1.77. The Morgan fingerprint density at radius 1 is 1.00 bits per heavy atom. The second-order valence-corrected chi connectivity index (χ2v) is 3.50. The molecule has 0 aliphatic heterocycles. The van der Waals surface area contributed by atoms with Crippen LogP contribution >= 0.6 is 0 Å². The van der Waals surface area contributed by atoms with Gasteiger partial charge in [-0.15, -0.1) is 0 Å². The maximum absolute atomic E-state index is 12.5. The van der Waals surface area contributed by atoms with Crippen LogP contribution < -0.4 is 4.74 Å². The van der Waals surface area contributed by atoms with Gasteiger partial charge in [-0.3, -0.25) is 10.1 Å². The SMILES string of the molecule is O=[N+]([O-])c1cc(OC(F)F)c(C(F)(F)F)cc1C(F)(F)F. The van der Waals surface area contributed by atoms with E-state index in [1.165, 1.54) is 0 Å². The van der Waals surface area contributed by atoms with Gasteiger partial charge < -0.3 is 4.74 Å². The van der Waals surface area contributed by atoms with E-state index in [9.17, 15) is 45.2 Å². The zero-order chi connectivity index (χ0) is 16.6. The van der Waals surface area contributed by atoms with Crippen LogP contribution in [0.1, 0.15) is 11.1 Å². The van der Waals surface area contributed by atoms with Crippen LogP contribution in [0.4, 0.5) is 40.8 Å². The van der Waals surface area contributed by atoms with Crippen LogP contribution in [-0.4, -0.2) is 11.5 Å². The number of alkyl halides is 8. The third-order valence-corrected chi connectivity index (χ3v) is 2.12. The summed E-state index contributed by atoms with van der Waals surface area (Å²) < 4.78 is 102. The molecule has 0 saturated carbocycles. The first-order valence-electron chi connectivity index (χ1n) is 4.75. The molecule has 0 aliphatic rings. The number of halogens is 8. The van der Waals surface area contributed by atoms with Gasteiger partial charge in [0.25, 0.3) is 5.69 Å². The van der Waals surface area contributed by atoms with Crippen LogP contribution in [0.25, 0.3) is 0 Å². The Labute approximate surface area is 110 Å². The molecule has 0 saturated heterocycles. The van der Waals surface area contributed by atoms with Gasteiger partial charge in [0.2, 0.25) is 0 Å². The summed E-state index contributed by atoms with van der Waals surface area (Å²) in [5, 5.41) is 10.4. The fourth-order valence-corrected chi connectivity index (χ4v) is 1.36. The largest absolute Gasteiger partial charge is 0.434 e. The molecule has 21 heavy (non-hydrogen) atoms. The number of ether oxygens (including phenoxy) is 1. The van der Waals surface area contributed by atoms with Crippen LogP contribution in [0.2, 0.25) is 0 Å². The van der Waals surface area contributed by atoms with Gasteiger partial charge in [-0.2, -0.15) is 35.1 Å². The lowest BCUT2D eigenvalue weighted by molar-refractivity contribution is -0.388. The highest BCUT2D eigenvalue weighted by atomic mass is 19.4. The van der Waals surface area contributed by atoms with Gasteiger partial charge in [-0.1, -0.05) is 0 Å². The first kappa shape index (κ1) is 16.9. The van der Waals surface area contributed by atoms with Gasteiger partial charge in [0, 0.05) is 0 Å². The van der Waals surface area contributed by atoms with Crippen molar-refractivity contribution >= 4 is 5.69 Å². The van der Waals surface area contributed by atoms with Gasteiger partial charge >= 0.3 is 19.0 Å². The Hall–Kier alpha value is -2.14. The summed E-state index contributed by atoms with van der Waals surface area (Å²) in [7, 11) is 0. The third-order valence-electron chi connectivity index (χ3n) is 2.12. The van der Waals surface area contributed by atoms with Crippen molar-refractivity contribution in [2.75, 3.05) is 0 Å². The predicted molar refractivity (Wildman–Crippen MR) is 49.7 cm³/mol. The fraction of sp³-hybridized carbons (Fsp3) is 0.333. The number of benzene rings is 1. The lowest BCUT2D eigenvalue weighted by Crippen LogP contribution is -2.16. The average molecular weight is 325 g/mol. The lowest BCUT2D eigenvalue weighted by atomic mass is 10.1. The average Bonchev–Trinajstić information content (AvgIpc) is 2.24. The molecule has 0 unspecified atom stereocenters. The zero-order valence-electron chi connectivity index (χ0n) is 9.43. The van der Waals surface area contributed by atoms with Crippen LogP contribution in [0.15, 0.2) is 12.1 Å². The monoisotopic (exact) mass is 325 g/mol. The van der Waals surface area contributed by atoms with E-state index >= 15 is 0 Å². The Balaban J connectivity index is 3.66. The molecule has 0 aliphatic carbocycles. The molecule has 0 aromatic heterocycles. The Bertz CT molecular complexity index is 551. The lowest BCUT2D eigenvalue weighted by Gasteiger charge is -2.16. The Morgan fingerprint density at radius 2 is 1.48 bits per heavy atom.